The predicted octanol–water partition coefficient (Wildman–Crippen LogP) is 3.71. The molecule has 0 spiro atoms. The predicted molar refractivity (Wildman–Crippen MR) is 133 cm³/mol. The molecule has 0 radical (unpaired) electrons. The number of aliphatic carboxylic acids is 1. The highest BCUT2D eigenvalue weighted by atomic mass is 16.5. The summed E-state index contributed by atoms with van der Waals surface area (Å²) < 4.78 is 10.8. The third-order valence-corrected chi connectivity index (χ3v) is 5.82. The molecule has 1 aliphatic heterocycles. The molecule has 2 N–H and O–H groups in total. The van der Waals surface area contributed by atoms with Gasteiger partial charge in [-0.15, -0.1) is 0 Å². The topological polar surface area (TPSA) is 121 Å². The highest BCUT2D eigenvalue weighted by molar-refractivity contribution is 6.11. The molecule has 36 heavy (non-hydrogen) atoms. The molecule has 0 bridgehead atoms. The molecule has 1 atom stereocenters. The number of methoxy groups -OCH3 is 1. The fraction of sp³-hybridized carbons (Fsp3) is 0.111. The first-order valence-electron chi connectivity index (χ1n) is 11.1. The molecule has 1 unspecified atom stereocenters. The average Bonchev–Trinajstić information content (AvgIpc) is 3.28. The van der Waals surface area contributed by atoms with E-state index in [2.05, 4.69) is 10.3 Å². The minimum Gasteiger partial charge on any atom is -0.497 e. The summed E-state index contributed by atoms with van der Waals surface area (Å²) in [5.74, 6) is -1.94. The van der Waals surface area contributed by atoms with Crippen molar-refractivity contribution in [1.82, 2.24) is 5.32 Å². The van der Waals surface area contributed by atoms with Gasteiger partial charge >= 0.3 is 5.97 Å². The van der Waals surface area contributed by atoms with Crippen LogP contribution in [-0.4, -0.2) is 48.9 Å². The van der Waals surface area contributed by atoms with Gasteiger partial charge in [0.25, 0.3) is 11.8 Å². The lowest BCUT2D eigenvalue weighted by Crippen LogP contribution is -2.48. The maximum Gasteiger partial charge on any atom is 0.323 e. The first-order valence-corrected chi connectivity index (χ1v) is 11.1. The van der Waals surface area contributed by atoms with Crippen molar-refractivity contribution in [1.29, 1.82) is 0 Å². The number of carboxylic acids is 1. The van der Waals surface area contributed by atoms with Crippen molar-refractivity contribution < 1.29 is 28.6 Å². The number of furan rings is 1. The van der Waals surface area contributed by atoms with Gasteiger partial charge in [0.15, 0.2) is 5.76 Å². The number of amides is 2. The van der Waals surface area contributed by atoms with Crippen LogP contribution in [0.15, 0.2) is 82.2 Å². The van der Waals surface area contributed by atoms with E-state index in [1.165, 1.54) is 19.4 Å². The Morgan fingerprint density at radius 3 is 2.64 bits per heavy atom. The Balaban J connectivity index is 1.50. The van der Waals surface area contributed by atoms with Gasteiger partial charge in [-0.05, 0) is 41.5 Å². The van der Waals surface area contributed by atoms with Crippen LogP contribution in [0.4, 0.5) is 5.69 Å². The summed E-state index contributed by atoms with van der Waals surface area (Å²) in [7, 11) is 1.54. The molecular formula is C27H21N3O6. The summed E-state index contributed by atoms with van der Waals surface area (Å²) in [6.45, 7) is -0.593. The lowest BCUT2D eigenvalue weighted by Gasteiger charge is -2.24. The van der Waals surface area contributed by atoms with Crippen LogP contribution in [0.5, 0.6) is 5.75 Å². The van der Waals surface area contributed by atoms with E-state index in [0.717, 1.165) is 16.0 Å². The van der Waals surface area contributed by atoms with Gasteiger partial charge in [0.05, 0.1) is 12.8 Å². The summed E-state index contributed by atoms with van der Waals surface area (Å²) in [6, 6.07) is 21.4. The molecule has 0 saturated carbocycles. The fourth-order valence-corrected chi connectivity index (χ4v) is 4.13. The molecule has 9 heteroatoms. The summed E-state index contributed by atoms with van der Waals surface area (Å²) in [5.41, 5.74) is 3.09. The van der Waals surface area contributed by atoms with Crippen LogP contribution in [0.1, 0.15) is 16.1 Å². The van der Waals surface area contributed by atoms with Gasteiger partial charge in [-0.2, -0.15) is 0 Å². The van der Waals surface area contributed by atoms with Crippen LogP contribution in [0.25, 0.3) is 22.1 Å². The van der Waals surface area contributed by atoms with Crippen molar-refractivity contribution in [2.75, 3.05) is 18.6 Å². The molecule has 4 aromatic rings. The van der Waals surface area contributed by atoms with Gasteiger partial charge < -0.3 is 19.6 Å². The summed E-state index contributed by atoms with van der Waals surface area (Å²) in [6.07, 6.45) is 0.141. The second-order valence-corrected chi connectivity index (χ2v) is 8.09. The summed E-state index contributed by atoms with van der Waals surface area (Å²) in [4.78, 5) is 43.5. The molecule has 9 nitrogen and oxygen atoms in total. The molecule has 3 aromatic carbocycles. The zero-order valence-electron chi connectivity index (χ0n) is 19.2. The fourth-order valence-electron chi connectivity index (χ4n) is 4.13. The van der Waals surface area contributed by atoms with Gasteiger partial charge in [0.2, 0.25) is 6.17 Å². The molecular weight excluding hydrogens is 462 g/mol. The molecule has 2 amide bonds. The van der Waals surface area contributed by atoms with Crippen LogP contribution >= 0.6 is 0 Å². The Bertz CT molecular complexity index is 1510. The van der Waals surface area contributed by atoms with Gasteiger partial charge in [-0.25, -0.2) is 0 Å². The monoisotopic (exact) mass is 483 g/mol. The number of carboxylic acid groups (broad SMARTS) is 1. The number of aliphatic imine (C=N–C) groups is 1. The van der Waals surface area contributed by atoms with Gasteiger partial charge in [0.1, 0.15) is 17.9 Å². The number of benzodiazepines with no additional fused rings is 1. The van der Waals surface area contributed by atoms with Crippen LogP contribution in [0.3, 0.4) is 0 Å². The number of carbonyl (C=O) groups is 3. The number of ether oxygens (including phenoxy) is 1. The number of hydrogen-bond acceptors (Lipinski definition) is 6. The lowest BCUT2D eigenvalue weighted by atomic mass is 9.98. The number of nitrogens with zero attached hydrogens (tertiary/aromatic N) is 2. The minimum absolute atomic E-state index is 0.0160. The quantitative estimate of drug-likeness (QED) is 0.431. The Morgan fingerprint density at radius 1 is 1.08 bits per heavy atom. The van der Waals surface area contributed by atoms with Crippen LogP contribution in [-0.2, 0) is 9.59 Å². The molecule has 180 valence electrons. The van der Waals surface area contributed by atoms with E-state index < -0.39 is 30.5 Å². The first kappa shape index (κ1) is 22.9. The SMILES string of the molecule is COc1ccc2oc(C(=O)NC3N=Cc4c(-c5ccccc5)cccc4N(CC(=O)O)C3=O)cc2c1. The second kappa shape index (κ2) is 9.38. The maximum atomic E-state index is 13.4. The second-order valence-electron chi connectivity index (χ2n) is 8.09. The number of benzene rings is 3. The number of anilines is 1. The van der Waals surface area contributed by atoms with E-state index in [-0.39, 0.29) is 5.76 Å². The van der Waals surface area contributed by atoms with E-state index in [0.29, 0.717) is 28.0 Å². The zero-order valence-corrected chi connectivity index (χ0v) is 19.2. The van der Waals surface area contributed by atoms with E-state index in [4.69, 9.17) is 9.15 Å². The molecule has 2 heterocycles. The third kappa shape index (κ3) is 4.29. The molecule has 1 aliphatic rings. The van der Waals surface area contributed by atoms with E-state index >= 15 is 0 Å². The van der Waals surface area contributed by atoms with Gasteiger partial charge in [-0.3, -0.25) is 24.3 Å². The van der Waals surface area contributed by atoms with Crippen molar-refractivity contribution in [3.05, 3.63) is 84.1 Å². The standard InChI is InChI=1S/C27H21N3O6/c1-35-18-10-11-22-17(12-18)13-23(36-22)26(33)29-25-27(34)30(15-24(31)32)21-9-5-8-19(20(21)14-28-25)16-6-3-2-4-7-16/h2-14,25H,15H2,1H3,(H,29,33)(H,31,32). The minimum atomic E-state index is -1.35. The van der Waals surface area contributed by atoms with Crippen molar-refractivity contribution in [2.45, 2.75) is 6.17 Å². The number of carbonyl (C=O) groups excluding carboxylic acids is 2. The Hall–Kier alpha value is -4.92. The van der Waals surface area contributed by atoms with E-state index in [9.17, 15) is 19.5 Å². The van der Waals surface area contributed by atoms with Gasteiger partial charge in [-0.1, -0.05) is 42.5 Å². The normalized spacial score (nSPS) is 14.9. The lowest BCUT2D eigenvalue weighted by molar-refractivity contribution is -0.136. The largest absolute Gasteiger partial charge is 0.497 e. The summed E-state index contributed by atoms with van der Waals surface area (Å²) >= 11 is 0. The molecule has 0 aliphatic carbocycles. The average molecular weight is 483 g/mol. The van der Waals surface area contributed by atoms with Crippen LogP contribution in [0.2, 0.25) is 0 Å². The van der Waals surface area contributed by atoms with Crippen molar-refractivity contribution >= 4 is 40.7 Å². The third-order valence-electron chi connectivity index (χ3n) is 5.82. The smallest absolute Gasteiger partial charge is 0.323 e. The zero-order chi connectivity index (χ0) is 25.2. The number of hydrogen-bond donors (Lipinski definition) is 2. The Kier molecular flexibility index (Phi) is 5.95. The van der Waals surface area contributed by atoms with E-state index in [1.54, 1.807) is 30.3 Å². The summed E-state index contributed by atoms with van der Waals surface area (Å²) in [5, 5.41) is 12.7. The van der Waals surface area contributed by atoms with Gasteiger partial charge in [0, 0.05) is 17.2 Å². The first-order chi connectivity index (χ1) is 17.4. The molecule has 5 rings (SSSR count). The molecule has 0 saturated heterocycles. The van der Waals surface area contributed by atoms with Crippen molar-refractivity contribution in [3.63, 3.8) is 0 Å². The van der Waals surface area contributed by atoms with Crippen molar-refractivity contribution in [3.8, 4) is 16.9 Å². The number of nitrogens with one attached hydrogen (secondary N) is 1. The maximum absolute atomic E-state index is 13.4. The number of rotatable bonds is 6. The Labute approximate surface area is 205 Å². The highest BCUT2D eigenvalue weighted by Gasteiger charge is 2.32. The van der Waals surface area contributed by atoms with E-state index in [1.807, 2.05) is 36.4 Å². The Morgan fingerprint density at radius 2 is 1.89 bits per heavy atom. The van der Waals surface area contributed by atoms with Crippen molar-refractivity contribution in [2.24, 2.45) is 4.99 Å². The molecule has 1 aromatic heterocycles. The number of fused-ring (bicyclic) bond motifs is 2. The van der Waals surface area contributed by atoms with Crippen LogP contribution in [0, 0.1) is 0 Å². The highest BCUT2D eigenvalue weighted by Crippen LogP contribution is 2.32. The molecule has 0 fully saturated rings. The van der Waals surface area contributed by atoms with Crippen LogP contribution < -0.4 is 15.0 Å².